The zero-order valence-corrected chi connectivity index (χ0v) is 19.9. The van der Waals surface area contributed by atoms with Crippen LogP contribution >= 0.6 is 15.8 Å². The summed E-state index contributed by atoms with van der Waals surface area (Å²) < 4.78 is 0. The summed E-state index contributed by atoms with van der Waals surface area (Å²) in [5.41, 5.74) is 4.21. The quantitative estimate of drug-likeness (QED) is 0.204. The van der Waals surface area contributed by atoms with Gasteiger partial charge in [-0.3, -0.25) is 20.4 Å². The molecule has 2 rings (SSSR count). The molecule has 2 aliphatic rings. The molecule has 155 valence electrons. The monoisotopic (exact) mass is 444 g/mol. The Labute approximate surface area is 174 Å². The zero-order valence-electron chi connectivity index (χ0n) is 16.7. The molecule has 0 aromatic carbocycles. The van der Waals surface area contributed by atoms with Crippen LogP contribution in [-0.2, 0) is 31.5 Å². The fourth-order valence-corrected chi connectivity index (χ4v) is 11.1. The Kier molecular flexibility index (Phi) is 24.0. The minimum Gasteiger partial charge on any atom is -0.656 e. The van der Waals surface area contributed by atoms with E-state index < -0.39 is 0 Å². The van der Waals surface area contributed by atoms with E-state index in [1.807, 2.05) is 0 Å². The molecule has 26 heavy (non-hydrogen) atoms. The maximum absolute atomic E-state index is 7.75. The van der Waals surface area contributed by atoms with E-state index in [2.05, 4.69) is 48.1 Å². The van der Waals surface area contributed by atoms with Crippen LogP contribution in [0.25, 0.3) is 5.32 Å². The largest absolute Gasteiger partial charge is 0.656 e. The molecule has 4 nitrogen and oxygen atoms in total. The van der Waals surface area contributed by atoms with Crippen LogP contribution in [0, 0.1) is 0 Å². The first kappa shape index (κ1) is 31.1. The number of hydrogen-bond donors (Lipinski definition) is 0. The van der Waals surface area contributed by atoms with Gasteiger partial charge in [-0.1, -0.05) is 0 Å². The molecule has 2 saturated heterocycles. The number of hydrogen-bond acceptors (Lipinski definition) is 3. The molecule has 0 bridgehead atoms. The van der Waals surface area contributed by atoms with Crippen LogP contribution in [0.3, 0.4) is 0 Å². The van der Waals surface area contributed by atoms with Crippen molar-refractivity contribution in [3.05, 3.63) is 5.32 Å². The van der Waals surface area contributed by atoms with Gasteiger partial charge in [0, 0.05) is 45.2 Å². The van der Waals surface area contributed by atoms with Crippen molar-refractivity contribution in [1.29, 1.82) is 0 Å². The van der Waals surface area contributed by atoms with E-state index >= 15 is 0 Å². The Morgan fingerprint density at radius 3 is 1.12 bits per heavy atom. The average Bonchev–Trinajstić information content (AvgIpc) is 3.15. The topological polar surface area (TPSA) is 65.3 Å². The van der Waals surface area contributed by atoms with Crippen LogP contribution in [0.5, 0.6) is 0 Å². The molecule has 0 aromatic heterocycles. The average molecular weight is 444 g/mol. The van der Waals surface area contributed by atoms with E-state index in [4.69, 9.17) is 19.7 Å². The van der Waals surface area contributed by atoms with Crippen LogP contribution < -0.4 is 0 Å². The minimum atomic E-state index is -0.0733. The molecule has 0 N–H and O–H groups in total. The van der Waals surface area contributed by atoms with Gasteiger partial charge in [0.1, 0.15) is 0 Å². The van der Waals surface area contributed by atoms with Gasteiger partial charge in [-0.05, 0) is 53.4 Å². The molecule has 0 aromatic rings. The molecule has 0 unspecified atom stereocenters. The van der Waals surface area contributed by atoms with Crippen molar-refractivity contribution in [2.24, 2.45) is 0 Å². The number of rotatable bonds is 6. The Hall–Kier alpha value is 0.349. The summed E-state index contributed by atoms with van der Waals surface area (Å²) in [5.74, 6) is 0. The third-order valence-corrected chi connectivity index (χ3v) is 13.5. The molecular weight excluding hydrogens is 407 g/mol. The van der Waals surface area contributed by atoms with Gasteiger partial charge < -0.3 is 19.7 Å². The Morgan fingerprint density at radius 2 is 0.885 bits per heavy atom. The van der Waals surface area contributed by atoms with Gasteiger partial charge in [-0.25, -0.2) is 0 Å². The molecule has 0 aliphatic carbocycles. The van der Waals surface area contributed by atoms with E-state index in [0.717, 1.165) is 22.6 Å². The van der Waals surface area contributed by atoms with E-state index in [-0.39, 0.29) is 32.9 Å². The standard InChI is InChI=1S/C16H32NP2.3CHO.Mn/c1-13-5-6-14(2)18(13)11-9-17-10-12-19-15(3)7-8-16(19)4;3*1-2;/h13-16H,5-12H2,1-4H3;3*1H;/q4*-1;/p+2/t13-,14-,15+,16+;;;;. The van der Waals surface area contributed by atoms with E-state index in [1.54, 1.807) is 0 Å². The van der Waals surface area contributed by atoms with Crippen LogP contribution in [0.4, 0.5) is 0 Å². The van der Waals surface area contributed by atoms with Crippen molar-refractivity contribution in [3.8, 4) is 0 Å². The molecule has 1 radical (unpaired) electrons. The zero-order chi connectivity index (χ0) is 19.8. The van der Waals surface area contributed by atoms with Crippen LogP contribution in [-0.4, -0.2) is 68.4 Å². The predicted octanol–water partition coefficient (Wildman–Crippen LogP) is 4.11. The number of nitrogens with zero attached hydrogens (tertiary/aromatic N) is 1. The number of carbonyl (C=O) groups excluding carboxylic acids is 3. The van der Waals surface area contributed by atoms with E-state index in [1.165, 1.54) is 51.1 Å². The van der Waals surface area contributed by atoms with Gasteiger partial charge in [0.25, 0.3) is 0 Å². The molecule has 0 amide bonds. The van der Waals surface area contributed by atoms with Crippen LogP contribution in [0.2, 0.25) is 0 Å². The molecule has 0 spiro atoms. The Bertz CT molecular complexity index is 278. The summed E-state index contributed by atoms with van der Waals surface area (Å²) in [6, 6.07) is 0. The second-order valence-corrected chi connectivity index (χ2v) is 14.3. The summed E-state index contributed by atoms with van der Waals surface area (Å²) >= 11 is 0. The van der Waals surface area contributed by atoms with Gasteiger partial charge in [0.2, 0.25) is 0 Å². The summed E-state index contributed by atoms with van der Waals surface area (Å²) in [5, 5.41) is 4.89. The fourth-order valence-electron chi connectivity index (χ4n) is 4.23. The predicted molar refractivity (Wildman–Crippen MR) is 116 cm³/mol. The van der Waals surface area contributed by atoms with Crippen molar-refractivity contribution in [3.63, 3.8) is 0 Å². The van der Waals surface area contributed by atoms with Gasteiger partial charge in [-0.2, -0.15) is 0 Å². The van der Waals surface area contributed by atoms with Crippen molar-refractivity contribution in [2.75, 3.05) is 25.4 Å². The van der Waals surface area contributed by atoms with Gasteiger partial charge in [-0.15, -0.1) is 13.1 Å². The van der Waals surface area contributed by atoms with Crippen molar-refractivity contribution < 1.29 is 31.5 Å². The van der Waals surface area contributed by atoms with E-state index in [9.17, 15) is 0 Å². The van der Waals surface area contributed by atoms with Crippen LogP contribution in [0.1, 0.15) is 53.4 Å². The third-order valence-electron chi connectivity index (χ3n) is 5.71. The Balaban J connectivity index is -0.000000686. The molecule has 4 atom stereocenters. The summed E-state index contributed by atoms with van der Waals surface area (Å²) in [6.45, 7) is 22.1. The fraction of sp³-hybridized carbons (Fsp3) is 0.842. The first-order valence-electron chi connectivity index (χ1n) is 9.14. The normalized spacial score (nSPS) is 27.7. The van der Waals surface area contributed by atoms with Gasteiger partial charge in [0.05, 0.1) is 22.6 Å². The molecule has 7 heteroatoms. The van der Waals surface area contributed by atoms with Crippen molar-refractivity contribution in [2.45, 2.75) is 76.0 Å². The second-order valence-electron chi connectivity index (χ2n) is 7.08. The molecule has 2 aliphatic heterocycles. The van der Waals surface area contributed by atoms with Gasteiger partial charge >= 0.3 is 0 Å². The SMILES string of the molecule is C[C@@H]1CC[C@@H](C)[PH+]1CC[N-]CC[PH+]1[C@@H](C)CC[C@@H]1C.[CH-]=O.[CH-]=O.[CH-]=O.[Mn]. The smallest absolute Gasteiger partial charge is 0.0650 e. The summed E-state index contributed by atoms with van der Waals surface area (Å²) in [6.07, 6.45) is 8.91. The minimum absolute atomic E-state index is 0. The van der Waals surface area contributed by atoms with E-state index in [0.29, 0.717) is 0 Å². The molecular formula is C19H37MnNO3P2-2. The summed E-state index contributed by atoms with van der Waals surface area (Å²) in [7, 11) is -0.147. The van der Waals surface area contributed by atoms with Crippen LogP contribution in [0.15, 0.2) is 0 Å². The first-order valence-corrected chi connectivity index (χ1v) is 12.9. The third kappa shape index (κ3) is 11.3. The summed E-state index contributed by atoms with van der Waals surface area (Å²) in [4.78, 5) is 23.2. The Morgan fingerprint density at radius 1 is 0.654 bits per heavy atom. The maximum atomic E-state index is 7.75. The first-order chi connectivity index (χ1) is 12.1. The maximum Gasteiger partial charge on any atom is 0.0650 e. The second kappa shape index (κ2) is 20.1. The van der Waals surface area contributed by atoms with Crippen molar-refractivity contribution >= 4 is 36.2 Å². The van der Waals surface area contributed by atoms with Crippen molar-refractivity contribution in [1.82, 2.24) is 0 Å². The molecule has 2 heterocycles. The molecule has 0 saturated carbocycles. The molecule has 2 fully saturated rings. The van der Waals surface area contributed by atoms with Gasteiger partial charge in [0.15, 0.2) is 0 Å².